The van der Waals surface area contributed by atoms with Gasteiger partial charge in [-0.2, -0.15) is 0 Å². The first-order valence-corrected chi connectivity index (χ1v) is 14.2. The number of fused-ring (bicyclic) bond motifs is 2. The van der Waals surface area contributed by atoms with Crippen LogP contribution in [0.5, 0.6) is 5.75 Å². The number of aromatic nitrogens is 5. The van der Waals surface area contributed by atoms with Crippen LogP contribution in [-0.4, -0.2) is 49.6 Å². The molecule has 218 valence electrons. The van der Waals surface area contributed by atoms with E-state index in [0.29, 0.717) is 31.7 Å². The molecule has 2 aliphatic rings. The van der Waals surface area contributed by atoms with E-state index < -0.39 is 6.03 Å². The maximum atomic E-state index is 13.1. The molecular formula is C31H35N7O4. The second kappa shape index (κ2) is 10.5. The first-order valence-electron chi connectivity index (χ1n) is 14.2. The van der Waals surface area contributed by atoms with Gasteiger partial charge in [0, 0.05) is 18.4 Å². The Kier molecular flexibility index (Phi) is 6.92. The number of carbonyl (C=O) groups excluding carboxylic acids is 2. The average Bonchev–Trinajstić information content (AvgIpc) is 3.36. The fourth-order valence-electron chi connectivity index (χ4n) is 5.44. The number of benzene rings is 1. The lowest BCUT2D eigenvalue weighted by atomic mass is 9.85. The van der Waals surface area contributed by atoms with Crippen LogP contribution < -0.4 is 15.4 Å². The Hall–Kier alpha value is -4.38. The SMILES string of the molecule is CC(=O)c1nc(NC(=O)N[C@H]2CC[C@@H](Oc3ccc4nnc(C5(C)COC5)n4c3)c3ccccc32)cc(C(C)(C)C)n1. The van der Waals surface area contributed by atoms with Crippen LogP contribution in [0.25, 0.3) is 5.65 Å². The number of pyridine rings is 1. The summed E-state index contributed by atoms with van der Waals surface area (Å²) in [6, 6.07) is 12.9. The highest BCUT2D eigenvalue weighted by molar-refractivity contribution is 5.92. The molecule has 4 aromatic rings. The predicted molar refractivity (Wildman–Crippen MR) is 156 cm³/mol. The zero-order chi connectivity index (χ0) is 29.6. The van der Waals surface area contributed by atoms with Gasteiger partial charge in [-0.05, 0) is 43.0 Å². The van der Waals surface area contributed by atoms with Crippen molar-refractivity contribution in [2.45, 2.75) is 70.4 Å². The number of amides is 2. The smallest absolute Gasteiger partial charge is 0.320 e. The molecule has 2 amide bonds. The van der Waals surface area contributed by atoms with Gasteiger partial charge in [-0.25, -0.2) is 14.8 Å². The van der Waals surface area contributed by atoms with Crippen LogP contribution in [0.3, 0.4) is 0 Å². The van der Waals surface area contributed by atoms with Gasteiger partial charge in [0.05, 0.1) is 36.6 Å². The van der Waals surface area contributed by atoms with Gasteiger partial charge in [-0.1, -0.05) is 45.0 Å². The Morgan fingerprint density at radius 3 is 2.50 bits per heavy atom. The first kappa shape index (κ1) is 27.8. The zero-order valence-electron chi connectivity index (χ0n) is 24.5. The Bertz CT molecular complexity index is 1670. The Morgan fingerprint density at radius 1 is 1.05 bits per heavy atom. The summed E-state index contributed by atoms with van der Waals surface area (Å²) >= 11 is 0. The van der Waals surface area contributed by atoms with Gasteiger partial charge in [0.25, 0.3) is 0 Å². The topological polar surface area (TPSA) is 133 Å². The second-order valence-corrected chi connectivity index (χ2v) is 12.4. The molecule has 2 N–H and O–H groups in total. The van der Waals surface area contributed by atoms with Crippen LogP contribution >= 0.6 is 0 Å². The number of hydrogen-bond donors (Lipinski definition) is 2. The number of nitrogens with zero attached hydrogens (tertiary/aromatic N) is 5. The van der Waals surface area contributed by atoms with Crippen molar-refractivity contribution in [3.63, 3.8) is 0 Å². The van der Waals surface area contributed by atoms with E-state index in [2.05, 4.69) is 37.7 Å². The van der Waals surface area contributed by atoms with Crippen LogP contribution in [0.15, 0.2) is 48.7 Å². The number of Topliss-reactive ketones (excluding diaryl/α,β-unsaturated/α-hetero) is 1. The van der Waals surface area contributed by atoms with E-state index in [4.69, 9.17) is 9.47 Å². The third-order valence-corrected chi connectivity index (χ3v) is 7.83. The minimum atomic E-state index is -0.402. The van der Waals surface area contributed by atoms with E-state index in [9.17, 15) is 9.59 Å². The number of ketones is 1. The number of anilines is 1. The summed E-state index contributed by atoms with van der Waals surface area (Å²) in [5, 5.41) is 14.6. The van der Waals surface area contributed by atoms with Crippen LogP contribution in [0.2, 0.25) is 0 Å². The molecule has 0 unspecified atom stereocenters. The summed E-state index contributed by atoms with van der Waals surface area (Å²) in [6.45, 7) is 10.7. The average molecular weight is 570 g/mol. The molecule has 0 bridgehead atoms. The predicted octanol–water partition coefficient (Wildman–Crippen LogP) is 5.08. The van der Waals surface area contributed by atoms with Gasteiger partial charge >= 0.3 is 6.03 Å². The first-order chi connectivity index (χ1) is 20.0. The fraction of sp³-hybridized carbons (Fsp3) is 0.419. The molecule has 3 aromatic heterocycles. The Labute approximate surface area is 244 Å². The lowest BCUT2D eigenvalue weighted by Gasteiger charge is -2.36. The lowest BCUT2D eigenvalue weighted by Crippen LogP contribution is -2.45. The molecule has 11 heteroatoms. The summed E-state index contributed by atoms with van der Waals surface area (Å²) in [5.41, 5.74) is 2.97. The minimum absolute atomic E-state index is 0.0765. The monoisotopic (exact) mass is 569 g/mol. The van der Waals surface area contributed by atoms with E-state index in [-0.39, 0.29) is 40.4 Å². The molecule has 2 atom stereocenters. The highest BCUT2D eigenvalue weighted by Gasteiger charge is 2.40. The van der Waals surface area contributed by atoms with E-state index in [0.717, 1.165) is 28.3 Å². The third kappa shape index (κ3) is 5.32. The van der Waals surface area contributed by atoms with Crippen molar-refractivity contribution < 1.29 is 19.1 Å². The van der Waals surface area contributed by atoms with Gasteiger partial charge in [-0.3, -0.25) is 14.5 Å². The van der Waals surface area contributed by atoms with E-state index >= 15 is 0 Å². The van der Waals surface area contributed by atoms with Crippen molar-refractivity contribution in [3.8, 4) is 5.75 Å². The third-order valence-electron chi connectivity index (χ3n) is 7.83. The molecular weight excluding hydrogens is 534 g/mol. The standard InChI is InChI=1S/C31H35N7O4/c1-18(39)27-33-24(30(2,3)4)14-25(34-27)35-29(40)32-22-11-12-23(21-9-7-6-8-20(21)22)42-19-10-13-26-36-37-28(38(26)15-19)31(5)16-41-17-31/h6-10,13-15,22-23H,11-12,16-17H2,1-5H3,(H2,32,33,34,35,40)/t22-,23+/m0/s1. The maximum absolute atomic E-state index is 13.1. The summed E-state index contributed by atoms with van der Waals surface area (Å²) in [6.07, 6.45) is 3.14. The number of rotatable bonds is 6. The van der Waals surface area contributed by atoms with Crippen molar-refractivity contribution in [3.05, 3.63) is 77.1 Å². The number of nitrogens with one attached hydrogen (secondary N) is 2. The molecule has 6 rings (SSSR count). The van der Waals surface area contributed by atoms with Gasteiger partial charge < -0.3 is 14.8 Å². The Balaban J connectivity index is 1.19. The quantitative estimate of drug-likeness (QED) is 0.307. The largest absolute Gasteiger partial charge is 0.484 e. The zero-order valence-corrected chi connectivity index (χ0v) is 24.5. The molecule has 0 radical (unpaired) electrons. The van der Waals surface area contributed by atoms with Gasteiger partial charge in [0.2, 0.25) is 0 Å². The molecule has 0 spiro atoms. The number of urea groups is 1. The van der Waals surface area contributed by atoms with E-state index in [1.54, 1.807) is 6.07 Å². The summed E-state index contributed by atoms with van der Waals surface area (Å²) in [4.78, 5) is 33.8. The molecule has 1 saturated heterocycles. The van der Waals surface area contributed by atoms with Crippen LogP contribution in [0.4, 0.5) is 10.6 Å². The number of ether oxygens (including phenoxy) is 2. The van der Waals surface area contributed by atoms with Crippen molar-refractivity contribution >= 4 is 23.3 Å². The minimum Gasteiger partial charge on any atom is -0.484 e. The van der Waals surface area contributed by atoms with Crippen molar-refractivity contribution in [2.75, 3.05) is 18.5 Å². The molecule has 11 nitrogen and oxygen atoms in total. The number of carbonyl (C=O) groups is 2. The normalized spacial score (nSPS) is 19.5. The molecule has 1 aliphatic carbocycles. The van der Waals surface area contributed by atoms with Gasteiger partial charge in [0.15, 0.2) is 17.3 Å². The van der Waals surface area contributed by atoms with Gasteiger partial charge in [-0.15, -0.1) is 10.2 Å². The molecule has 42 heavy (non-hydrogen) atoms. The molecule has 4 heterocycles. The van der Waals surface area contributed by atoms with Crippen LogP contribution in [0, 0.1) is 0 Å². The van der Waals surface area contributed by atoms with Crippen molar-refractivity contribution in [1.29, 1.82) is 0 Å². The second-order valence-electron chi connectivity index (χ2n) is 12.4. The molecule has 0 saturated carbocycles. The molecule has 1 aromatic carbocycles. The Morgan fingerprint density at radius 2 is 1.81 bits per heavy atom. The van der Waals surface area contributed by atoms with Crippen LogP contribution in [-0.2, 0) is 15.6 Å². The molecule has 1 aliphatic heterocycles. The highest BCUT2D eigenvalue weighted by atomic mass is 16.5. The molecule has 1 fully saturated rings. The van der Waals surface area contributed by atoms with Crippen molar-refractivity contribution in [2.24, 2.45) is 0 Å². The van der Waals surface area contributed by atoms with Crippen molar-refractivity contribution in [1.82, 2.24) is 29.9 Å². The van der Waals surface area contributed by atoms with E-state index in [1.165, 1.54) is 6.92 Å². The summed E-state index contributed by atoms with van der Waals surface area (Å²) in [7, 11) is 0. The van der Waals surface area contributed by atoms with Gasteiger partial charge in [0.1, 0.15) is 23.5 Å². The summed E-state index contributed by atoms with van der Waals surface area (Å²) < 4.78 is 13.9. The fourth-order valence-corrected chi connectivity index (χ4v) is 5.44. The maximum Gasteiger partial charge on any atom is 0.320 e. The highest BCUT2D eigenvalue weighted by Crippen LogP contribution is 2.39. The number of hydrogen-bond acceptors (Lipinski definition) is 8. The summed E-state index contributed by atoms with van der Waals surface area (Å²) in [5.74, 6) is 1.68. The van der Waals surface area contributed by atoms with E-state index in [1.807, 2.05) is 67.8 Å². The van der Waals surface area contributed by atoms with Crippen LogP contribution in [0.1, 0.15) is 92.9 Å². The lowest BCUT2D eigenvalue weighted by molar-refractivity contribution is -0.0548.